The van der Waals surface area contributed by atoms with Crippen LogP contribution in [0.5, 0.6) is 0 Å². The van der Waals surface area contributed by atoms with E-state index in [1.807, 2.05) is 0 Å². The van der Waals surface area contributed by atoms with Crippen molar-refractivity contribution in [1.82, 2.24) is 0 Å². The molecule has 1 fully saturated rings. The third-order valence-corrected chi connectivity index (χ3v) is 2.45. The molecule has 0 aromatic rings. The highest BCUT2D eigenvalue weighted by atomic mass is 19.4. The van der Waals surface area contributed by atoms with Gasteiger partial charge in [-0.3, -0.25) is 4.79 Å². The maximum absolute atomic E-state index is 12.5. The minimum atomic E-state index is -5.22. The van der Waals surface area contributed by atoms with E-state index in [0.29, 0.717) is 12.8 Å². The van der Waals surface area contributed by atoms with Crippen LogP contribution in [0.2, 0.25) is 0 Å². The van der Waals surface area contributed by atoms with Crippen LogP contribution in [-0.4, -0.2) is 35.7 Å². The molecule has 0 radical (unpaired) electrons. The molecule has 1 aliphatic rings. The molecule has 1 N–H and O–H groups in total. The van der Waals surface area contributed by atoms with Crippen LogP contribution in [0.3, 0.4) is 0 Å². The highest BCUT2D eigenvalue weighted by molar-refractivity contribution is 5.91. The molecule has 7 heteroatoms. The van der Waals surface area contributed by atoms with Crippen molar-refractivity contribution < 1.29 is 32.6 Å². The Labute approximate surface area is 89.4 Å². The highest BCUT2D eigenvalue weighted by Crippen LogP contribution is 2.39. The Morgan fingerprint density at radius 2 is 1.88 bits per heavy atom. The molecule has 0 aromatic heterocycles. The lowest BCUT2D eigenvalue weighted by Gasteiger charge is -2.26. The Kier molecular flexibility index (Phi) is 3.27. The fourth-order valence-electron chi connectivity index (χ4n) is 1.26. The molecule has 0 spiro atoms. The van der Waals surface area contributed by atoms with Gasteiger partial charge >= 0.3 is 12.1 Å². The molecule has 4 nitrogen and oxygen atoms in total. The van der Waals surface area contributed by atoms with E-state index in [0.717, 1.165) is 7.11 Å². The lowest BCUT2D eigenvalue weighted by Crippen LogP contribution is -2.54. The van der Waals surface area contributed by atoms with Gasteiger partial charge in [-0.15, -0.1) is 0 Å². The Bertz CT molecular complexity index is 308. The number of hydrogen-bond donors (Lipinski definition) is 1. The van der Waals surface area contributed by atoms with Gasteiger partial charge in [-0.2, -0.15) is 13.2 Å². The molecule has 1 aliphatic carbocycles. The van der Waals surface area contributed by atoms with Gasteiger partial charge in [0.1, 0.15) is 5.78 Å². The fraction of sp³-hybridized carbons (Fsp3) is 0.778. The first-order valence-electron chi connectivity index (χ1n) is 4.62. The number of alkyl halides is 3. The lowest BCUT2D eigenvalue weighted by molar-refractivity contribution is -0.262. The number of carbonyl (C=O) groups is 2. The van der Waals surface area contributed by atoms with Crippen LogP contribution in [-0.2, 0) is 14.3 Å². The number of halogens is 3. The smallest absolute Gasteiger partial charge is 0.428 e. The number of ether oxygens (including phenoxy) is 1. The molecule has 0 saturated heterocycles. The van der Waals surface area contributed by atoms with Crippen molar-refractivity contribution in [3.05, 3.63) is 0 Å². The van der Waals surface area contributed by atoms with Crippen LogP contribution in [0.25, 0.3) is 0 Å². The van der Waals surface area contributed by atoms with Crippen molar-refractivity contribution in [2.24, 2.45) is 5.92 Å². The average molecular weight is 240 g/mol. The average Bonchev–Trinajstić information content (AvgIpc) is 2.97. The summed E-state index contributed by atoms with van der Waals surface area (Å²) in [5.41, 5.74) is -3.72. The molecule has 0 aromatic carbocycles. The molecule has 0 amide bonds. The van der Waals surface area contributed by atoms with Gasteiger partial charge in [-0.1, -0.05) is 0 Å². The Balaban J connectivity index is 2.86. The third kappa shape index (κ3) is 2.34. The first-order chi connectivity index (χ1) is 7.22. The molecular weight excluding hydrogens is 229 g/mol. The van der Waals surface area contributed by atoms with Crippen molar-refractivity contribution in [3.63, 3.8) is 0 Å². The summed E-state index contributed by atoms with van der Waals surface area (Å²) in [6.45, 7) is 0. The van der Waals surface area contributed by atoms with Gasteiger partial charge < -0.3 is 9.84 Å². The SMILES string of the molecule is COC(=O)C(O)(CC(=O)C1CC1)C(F)(F)F. The van der Waals surface area contributed by atoms with Gasteiger partial charge in [0, 0.05) is 5.92 Å². The number of hydrogen-bond acceptors (Lipinski definition) is 4. The van der Waals surface area contributed by atoms with Crippen LogP contribution in [0, 0.1) is 5.92 Å². The van der Waals surface area contributed by atoms with Gasteiger partial charge in [0.2, 0.25) is 0 Å². The normalized spacial score (nSPS) is 20.1. The molecule has 1 saturated carbocycles. The van der Waals surface area contributed by atoms with E-state index >= 15 is 0 Å². The molecule has 16 heavy (non-hydrogen) atoms. The van der Waals surface area contributed by atoms with Crippen LogP contribution in [0.15, 0.2) is 0 Å². The molecule has 0 bridgehead atoms. The Morgan fingerprint density at radius 1 is 1.38 bits per heavy atom. The van der Waals surface area contributed by atoms with Gasteiger partial charge in [-0.25, -0.2) is 4.79 Å². The van der Waals surface area contributed by atoms with Gasteiger partial charge in [0.25, 0.3) is 5.60 Å². The van der Waals surface area contributed by atoms with Crippen molar-refractivity contribution in [2.45, 2.75) is 31.0 Å². The summed E-state index contributed by atoms with van der Waals surface area (Å²) in [6, 6.07) is 0. The van der Waals surface area contributed by atoms with E-state index in [2.05, 4.69) is 4.74 Å². The van der Waals surface area contributed by atoms with Gasteiger partial charge in [0.15, 0.2) is 0 Å². The predicted octanol–water partition coefficient (Wildman–Crippen LogP) is 0.822. The maximum atomic E-state index is 12.5. The third-order valence-electron chi connectivity index (χ3n) is 2.45. The quantitative estimate of drug-likeness (QED) is 0.739. The number of rotatable bonds is 4. The van der Waals surface area contributed by atoms with Crippen LogP contribution in [0.4, 0.5) is 13.2 Å². The number of carbonyl (C=O) groups excluding carboxylic acids is 2. The summed E-state index contributed by atoms with van der Waals surface area (Å²) in [4.78, 5) is 22.1. The summed E-state index contributed by atoms with van der Waals surface area (Å²) < 4.78 is 41.3. The molecule has 1 unspecified atom stereocenters. The van der Waals surface area contributed by atoms with Gasteiger partial charge in [0.05, 0.1) is 13.5 Å². The molecule has 0 heterocycles. The van der Waals surface area contributed by atoms with E-state index in [1.165, 1.54) is 0 Å². The van der Waals surface area contributed by atoms with Crippen LogP contribution >= 0.6 is 0 Å². The zero-order valence-electron chi connectivity index (χ0n) is 8.50. The summed E-state index contributed by atoms with van der Waals surface area (Å²) in [6.07, 6.45) is -5.47. The summed E-state index contributed by atoms with van der Waals surface area (Å²) >= 11 is 0. The van der Waals surface area contributed by atoms with Gasteiger partial charge in [-0.05, 0) is 12.8 Å². The maximum Gasteiger partial charge on any atom is 0.428 e. The fourth-order valence-corrected chi connectivity index (χ4v) is 1.26. The van der Waals surface area contributed by atoms with Crippen molar-refractivity contribution in [1.29, 1.82) is 0 Å². The highest BCUT2D eigenvalue weighted by Gasteiger charge is 2.62. The zero-order valence-corrected chi connectivity index (χ0v) is 8.50. The molecule has 0 aliphatic heterocycles. The first-order valence-corrected chi connectivity index (χ1v) is 4.62. The Hall–Kier alpha value is -1.11. The van der Waals surface area contributed by atoms with Crippen molar-refractivity contribution in [3.8, 4) is 0 Å². The monoisotopic (exact) mass is 240 g/mol. The second-order valence-corrected chi connectivity index (χ2v) is 3.77. The zero-order chi connectivity index (χ0) is 12.6. The topological polar surface area (TPSA) is 63.6 Å². The second-order valence-electron chi connectivity index (χ2n) is 3.77. The number of aliphatic hydroxyl groups is 1. The van der Waals surface area contributed by atoms with E-state index in [1.54, 1.807) is 0 Å². The minimum Gasteiger partial charge on any atom is -0.467 e. The van der Waals surface area contributed by atoms with E-state index < -0.39 is 35.9 Å². The predicted molar refractivity (Wildman–Crippen MR) is 45.4 cm³/mol. The first kappa shape index (κ1) is 13.0. The van der Waals surface area contributed by atoms with Crippen molar-refractivity contribution in [2.75, 3.05) is 7.11 Å². The van der Waals surface area contributed by atoms with E-state index in [9.17, 15) is 27.9 Å². The van der Waals surface area contributed by atoms with Crippen LogP contribution in [0.1, 0.15) is 19.3 Å². The number of ketones is 1. The molecular formula is C9H11F3O4. The lowest BCUT2D eigenvalue weighted by atomic mass is 9.94. The van der Waals surface area contributed by atoms with E-state index in [-0.39, 0.29) is 0 Å². The van der Waals surface area contributed by atoms with Crippen molar-refractivity contribution >= 4 is 11.8 Å². The number of esters is 1. The summed E-state index contributed by atoms with van der Waals surface area (Å²) in [5, 5.41) is 9.24. The summed E-state index contributed by atoms with van der Waals surface area (Å²) in [7, 11) is 0.723. The second kappa shape index (κ2) is 4.04. The molecule has 1 rings (SSSR count). The Morgan fingerprint density at radius 3 is 2.19 bits per heavy atom. The molecule has 1 atom stereocenters. The summed E-state index contributed by atoms with van der Waals surface area (Å²) in [5.74, 6) is -3.07. The molecule has 92 valence electrons. The standard InChI is InChI=1S/C9H11F3O4/c1-16-7(14)8(15,9(10,11)12)4-6(13)5-2-3-5/h5,15H,2-4H2,1H3. The largest absolute Gasteiger partial charge is 0.467 e. The van der Waals surface area contributed by atoms with Crippen LogP contribution < -0.4 is 0 Å². The number of Topliss-reactive ketones (excluding diaryl/α,β-unsaturated/α-hetero) is 1. The van der Waals surface area contributed by atoms with E-state index in [4.69, 9.17) is 0 Å². The number of methoxy groups -OCH3 is 1. The minimum absolute atomic E-state index is 0.460.